The van der Waals surface area contributed by atoms with E-state index in [0.717, 1.165) is 10.4 Å². The van der Waals surface area contributed by atoms with Crippen LogP contribution < -0.4 is 10.4 Å². The summed E-state index contributed by atoms with van der Waals surface area (Å²) >= 11 is 0. The summed E-state index contributed by atoms with van der Waals surface area (Å²) in [6.45, 7) is 13.0. The molecule has 0 unspecified atom stereocenters. The highest BCUT2D eigenvalue weighted by atomic mass is 28.3. The maximum Gasteiger partial charge on any atom is 0.114 e. The highest BCUT2D eigenvalue weighted by Crippen LogP contribution is 2.20. The van der Waals surface area contributed by atoms with Gasteiger partial charge in [0.05, 0.1) is 16.1 Å². The Morgan fingerprint density at radius 1 is 0.688 bits per heavy atom. The minimum atomic E-state index is -1.59. The first-order chi connectivity index (χ1) is 7.03. The molecule has 0 fully saturated rings. The van der Waals surface area contributed by atoms with Crippen molar-refractivity contribution in [2.45, 2.75) is 39.3 Å². The molecule has 0 radical (unpaired) electrons. The van der Waals surface area contributed by atoms with Crippen LogP contribution in [-0.2, 0) is 0 Å². The second-order valence-corrected chi connectivity index (χ2v) is 16.5. The van der Waals surface area contributed by atoms with Crippen LogP contribution in [0.3, 0.4) is 0 Å². The molecule has 90 valence electrons. The Morgan fingerprint density at radius 3 is 1.12 bits per heavy atom. The lowest BCUT2D eigenvalue weighted by molar-refractivity contribution is 0.466. The largest absolute Gasteiger partial charge is 0.508 e. The molecule has 2 N–H and O–H groups in total. The van der Waals surface area contributed by atoms with Crippen molar-refractivity contribution in [1.29, 1.82) is 0 Å². The van der Waals surface area contributed by atoms with Crippen molar-refractivity contribution in [3.63, 3.8) is 0 Å². The molecule has 0 spiro atoms. The molecule has 0 amide bonds. The third-order valence-corrected chi connectivity index (χ3v) is 6.76. The van der Waals surface area contributed by atoms with Crippen molar-refractivity contribution in [1.82, 2.24) is 0 Å². The van der Waals surface area contributed by atoms with Crippen LogP contribution in [0.25, 0.3) is 0 Å². The van der Waals surface area contributed by atoms with Gasteiger partial charge in [0.15, 0.2) is 0 Å². The van der Waals surface area contributed by atoms with E-state index in [1.807, 2.05) is 0 Å². The zero-order chi connectivity index (χ0) is 12.7. The molecule has 0 aliphatic rings. The Labute approximate surface area is 100.0 Å². The van der Waals surface area contributed by atoms with Crippen LogP contribution in [0.1, 0.15) is 0 Å². The molecule has 0 aromatic heterocycles. The number of aromatic hydroxyl groups is 2. The average molecular weight is 254 g/mol. The molecule has 1 aromatic carbocycles. The van der Waals surface area contributed by atoms with E-state index in [9.17, 15) is 10.2 Å². The van der Waals surface area contributed by atoms with Gasteiger partial charge in [0, 0.05) is 0 Å². The average Bonchev–Trinajstić information content (AvgIpc) is 2.04. The molecule has 0 saturated heterocycles. The van der Waals surface area contributed by atoms with Gasteiger partial charge in [0.25, 0.3) is 0 Å². The summed E-state index contributed by atoms with van der Waals surface area (Å²) in [7, 11) is -3.17. The second kappa shape index (κ2) is 3.93. The zero-order valence-corrected chi connectivity index (χ0v) is 13.0. The van der Waals surface area contributed by atoms with Crippen molar-refractivity contribution >= 4 is 26.5 Å². The standard InChI is InChI=1S/C12H22O2Si2/c1-15(2,3)11-7-10(14)12(8-9(11)13)16(4,5)6/h7-8,13-14H,1-6H3. The van der Waals surface area contributed by atoms with Gasteiger partial charge in [-0.1, -0.05) is 39.3 Å². The van der Waals surface area contributed by atoms with Crippen LogP contribution in [0.5, 0.6) is 11.5 Å². The molecule has 0 bridgehead atoms. The Hall–Kier alpha value is -0.746. The fraction of sp³-hybridized carbons (Fsp3) is 0.500. The summed E-state index contributed by atoms with van der Waals surface area (Å²) in [6, 6.07) is 3.55. The summed E-state index contributed by atoms with van der Waals surface area (Å²) in [5.41, 5.74) is 0. The highest BCUT2D eigenvalue weighted by Gasteiger charge is 2.26. The summed E-state index contributed by atoms with van der Waals surface area (Å²) in [6.07, 6.45) is 0. The molecule has 0 aliphatic heterocycles. The van der Waals surface area contributed by atoms with Crippen LogP contribution in [-0.4, -0.2) is 26.4 Å². The number of phenolic OH excluding ortho intramolecular Hbond substituents is 2. The summed E-state index contributed by atoms with van der Waals surface area (Å²) in [5, 5.41) is 22.0. The molecule has 0 saturated carbocycles. The lowest BCUT2D eigenvalue weighted by atomic mass is 10.3. The van der Waals surface area contributed by atoms with Crippen LogP contribution in [0.2, 0.25) is 39.3 Å². The minimum Gasteiger partial charge on any atom is -0.508 e. The van der Waals surface area contributed by atoms with Crippen molar-refractivity contribution in [2.75, 3.05) is 0 Å². The van der Waals surface area contributed by atoms with E-state index in [4.69, 9.17) is 0 Å². The number of hydrogen-bond donors (Lipinski definition) is 2. The Kier molecular flexibility index (Phi) is 3.27. The van der Waals surface area contributed by atoms with Crippen LogP contribution in [0, 0.1) is 0 Å². The first-order valence-corrected chi connectivity index (χ1v) is 12.6. The Bertz CT molecular complexity index is 361. The predicted octanol–water partition coefficient (Wildman–Crippen LogP) is 2.19. The van der Waals surface area contributed by atoms with Crippen molar-refractivity contribution in [3.05, 3.63) is 12.1 Å². The van der Waals surface area contributed by atoms with E-state index in [2.05, 4.69) is 39.3 Å². The maximum atomic E-state index is 10.1. The van der Waals surface area contributed by atoms with E-state index in [0.29, 0.717) is 11.5 Å². The molecule has 0 aliphatic carbocycles. The Balaban J connectivity index is 3.40. The van der Waals surface area contributed by atoms with Gasteiger partial charge < -0.3 is 10.2 Å². The van der Waals surface area contributed by atoms with Crippen LogP contribution in [0.15, 0.2) is 12.1 Å². The van der Waals surface area contributed by atoms with Gasteiger partial charge in [0.1, 0.15) is 11.5 Å². The molecule has 4 heteroatoms. The van der Waals surface area contributed by atoms with Crippen molar-refractivity contribution in [2.24, 2.45) is 0 Å². The third kappa shape index (κ3) is 2.68. The maximum absolute atomic E-state index is 10.1. The SMILES string of the molecule is C[Si](C)(C)c1cc(O)c([Si](C)(C)C)cc1O. The lowest BCUT2D eigenvalue weighted by Crippen LogP contribution is -2.42. The normalized spacial score (nSPS) is 12.9. The van der Waals surface area contributed by atoms with Gasteiger partial charge in [-0.2, -0.15) is 0 Å². The number of rotatable bonds is 2. The van der Waals surface area contributed by atoms with Gasteiger partial charge >= 0.3 is 0 Å². The van der Waals surface area contributed by atoms with Crippen LogP contribution >= 0.6 is 0 Å². The number of phenols is 2. The van der Waals surface area contributed by atoms with Gasteiger partial charge in [-0.25, -0.2) is 0 Å². The Morgan fingerprint density at radius 2 is 0.938 bits per heavy atom. The number of hydrogen-bond acceptors (Lipinski definition) is 2. The molecular weight excluding hydrogens is 232 g/mol. The predicted molar refractivity (Wildman–Crippen MR) is 75.7 cm³/mol. The molecular formula is C12H22O2Si2. The monoisotopic (exact) mass is 254 g/mol. The van der Waals surface area contributed by atoms with Crippen molar-refractivity contribution in [3.8, 4) is 11.5 Å². The summed E-state index contributed by atoms with van der Waals surface area (Å²) in [5.74, 6) is 0.712. The smallest absolute Gasteiger partial charge is 0.114 e. The fourth-order valence-corrected chi connectivity index (χ4v) is 4.60. The molecule has 16 heavy (non-hydrogen) atoms. The van der Waals surface area contributed by atoms with E-state index >= 15 is 0 Å². The van der Waals surface area contributed by atoms with Gasteiger partial charge in [-0.05, 0) is 22.5 Å². The molecule has 2 nitrogen and oxygen atoms in total. The quantitative estimate of drug-likeness (QED) is 0.627. The van der Waals surface area contributed by atoms with Gasteiger partial charge in [-0.3, -0.25) is 0 Å². The van der Waals surface area contributed by atoms with E-state index < -0.39 is 16.1 Å². The van der Waals surface area contributed by atoms with E-state index in [1.54, 1.807) is 12.1 Å². The third-order valence-electron chi connectivity index (χ3n) is 2.73. The molecule has 1 rings (SSSR count). The van der Waals surface area contributed by atoms with Gasteiger partial charge in [0.2, 0.25) is 0 Å². The van der Waals surface area contributed by atoms with Gasteiger partial charge in [-0.15, -0.1) is 0 Å². The van der Waals surface area contributed by atoms with E-state index in [1.165, 1.54) is 0 Å². The summed E-state index contributed by atoms with van der Waals surface area (Å²) in [4.78, 5) is 0. The fourth-order valence-electron chi connectivity index (χ4n) is 1.78. The first-order valence-electron chi connectivity index (χ1n) is 5.60. The van der Waals surface area contributed by atoms with Crippen molar-refractivity contribution < 1.29 is 10.2 Å². The highest BCUT2D eigenvalue weighted by molar-refractivity contribution is 6.91. The number of benzene rings is 1. The lowest BCUT2D eigenvalue weighted by Gasteiger charge is -2.23. The first kappa shape index (κ1) is 13.3. The zero-order valence-electron chi connectivity index (χ0n) is 11.0. The molecule has 0 atom stereocenters. The second-order valence-electron chi connectivity index (χ2n) is 6.39. The summed E-state index contributed by atoms with van der Waals surface area (Å²) < 4.78 is 0. The molecule has 0 heterocycles. The minimum absolute atomic E-state index is 0.356. The van der Waals surface area contributed by atoms with Crippen LogP contribution in [0.4, 0.5) is 0 Å². The topological polar surface area (TPSA) is 40.5 Å². The van der Waals surface area contributed by atoms with E-state index in [-0.39, 0.29) is 0 Å². The molecule has 1 aromatic rings.